The number of hydrogen-bond acceptors (Lipinski definition) is 3. The number of allylic oxidation sites excluding steroid dienone is 2. The van der Waals surface area contributed by atoms with Crippen molar-refractivity contribution in [3.63, 3.8) is 0 Å². The summed E-state index contributed by atoms with van der Waals surface area (Å²) in [7, 11) is 3.31. The number of ether oxygens (including phenoxy) is 2. The molecule has 1 heterocycles. The van der Waals surface area contributed by atoms with Crippen molar-refractivity contribution in [3.05, 3.63) is 65.5 Å². The standard InChI is InChI=1S/C20H20FNO2/c1-23-18-8-4-7-15(20(18)24-2)19-14-6-3-5-13(14)16-11-12(21)9-10-17(16)22-19/h3-5,7-11,13-14,19,22H,6H2,1-2H3/t13-,14+,19-/m1/s1. The fourth-order valence-corrected chi connectivity index (χ4v) is 4.03. The molecular weight excluding hydrogens is 305 g/mol. The van der Waals surface area contributed by atoms with Gasteiger partial charge in [0.1, 0.15) is 5.82 Å². The van der Waals surface area contributed by atoms with Crippen LogP contribution in [0.4, 0.5) is 10.1 Å². The van der Waals surface area contributed by atoms with Crippen LogP contribution in [-0.2, 0) is 0 Å². The number of benzene rings is 2. The third-order valence-corrected chi connectivity index (χ3v) is 5.09. The Balaban J connectivity index is 1.82. The molecule has 2 aromatic rings. The van der Waals surface area contributed by atoms with Crippen LogP contribution >= 0.6 is 0 Å². The minimum Gasteiger partial charge on any atom is -0.493 e. The van der Waals surface area contributed by atoms with Gasteiger partial charge in [0.2, 0.25) is 0 Å². The van der Waals surface area contributed by atoms with E-state index in [9.17, 15) is 4.39 Å². The molecule has 3 atom stereocenters. The first-order valence-electron chi connectivity index (χ1n) is 8.16. The summed E-state index contributed by atoms with van der Waals surface area (Å²) < 4.78 is 24.8. The van der Waals surface area contributed by atoms with Crippen LogP contribution in [0.15, 0.2) is 48.6 Å². The van der Waals surface area contributed by atoms with Gasteiger partial charge in [0.15, 0.2) is 11.5 Å². The zero-order chi connectivity index (χ0) is 16.7. The van der Waals surface area contributed by atoms with E-state index in [-0.39, 0.29) is 17.8 Å². The quantitative estimate of drug-likeness (QED) is 0.832. The number of rotatable bonds is 3. The second-order valence-corrected chi connectivity index (χ2v) is 6.29. The van der Waals surface area contributed by atoms with E-state index >= 15 is 0 Å². The maximum atomic E-state index is 13.7. The molecule has 1 aliphatic carbocycles. The van der Waals surface area contributed by atoms with Crippen molar-refractivity contribution in [2.24, 2.45) is 5.92 Å². The highest BCUT2D eigenvalue weighted by molar-refractivity contribution is 5.61. The Labute approximate surface area is 141 Å². The molecule has 1 N–H and O–H groups in total. The molecule has 0 bridgehead atoms. The third-order valence-electron chi connectivity index (χ3n) is 5.09. The van der Waals surface area contributed by atoms with Crippen molar-refractivity contribution in [1.82, 2.24) is 0 Å². The van der Waals surface area contributed by atoms with Crippen LogP contribution in [0, 0.1) is 11.7 Å². The summed E-state index contributed by atoms with van der Waals surface area (Å²) in [5.74, 6) is 1.85. The van der Waals surface area contributed by atoms with Crippen molar-refractivity contribution in [2.45, 2.75) is 18.4 Å². The Morgan fingerprint density at radius 1 is 1.08 bits per heavy atom. The van der Waals surface area contributed by atoms with Gasteiger partial charge >= 0.3 is 0 Å². The van der Waals surface area contributed by atoms with Gasteiger partial charge in [-0.2, -0.15) is 0 Å². The fourth-order valence-electron chi connectivity index (χ4n) is 4.03. The zero-order valence-electron chi connectivity index (χ0n) is 13.8. The number of anilines is 1. The van der Waals surface area contributed by atoms with Gasteiger partial charge in [-0.1, -0.05) is 24.3 Å². The average Bonchev–Trinajstić information content (AvgIpc) is 3.10. The second-order valence-electron chi connectivity index (χ2n) is 6.29. The lowest BCUT2D eigenvalue weighted by atomic mass is 9.77. The molecule has 1 aliphatic heterocycles. The third kappa shape index (κ3) is 2.25. The number of fused-ring (bicyclic) bond motifs is 3. The van der Waals surface area contributed by atoms with E-state index < -0.39 is 0 Å². The second kappa shape index (κ2) is 5.86. The number of halogens is 1. The van der Waals surface area contributed by atoms with Crippen molar-refractivity contribution in [1.29, 1.82) is 0 Å². The highest BCUT2D eigenvalue weighted by atomic mass is 19.1. The smallest absolute Gasteiger partial charge is 0.165 e. The molecule has 0 amide bonds. The predicted molar refractivity (Wildman–Crippen MR) is 92.3 cm³/mol. The molecule has 0 fully saturated rings. The van der Waals surface area contributed by atoms with E-state index in [0.29, 0.717) is 5.92 Å². The highest BCUT2D eigenvalue weighted by Gasteiger charge is 2.39. The van der Waals surface area contributed by atoms with Gasteiger partial charge in [-0.25, -0.2) is 4.39 Å². The first kappa shape index (κ1) is 15.1. The first-order valence-corrected chi connectivity index (χ1v) is 8.16. The zero-order valence-corrected chi connectivity index (χ0v) is 13.8. The van der Waals surface area contributed by atoms with Crippen molar-refractivity contribution in [2.75, 3.05) is 19.5 Å². The molecule has 24 heavy (non-hydrogen) atoms. The summed E-state index contributed by atoms with van der Waals surface area (Å²) in [6.07, 6.45) is 5.35. The monoisotopic (exact) mass is 325 g/mol. The summed E-state index contributed by atoms with van der Waals surface area (Å²) >= 11 is 0. The van der Waals surface area contributed by atoms with Gasteiger partial charge < -0.3 is 14.8 Å². The van der Waals surface area contributed by atoms with E-state index in [0.717, 1.165) is 34.7 Å². The molecule has 2 aromatic carbocycles. The molecule has 0 spiro atoms. The van der Waals surface area contributed by atoms with Crippen molar-refractivity contribution < 1.29 is 13.9 Å². The molecule has 0 aromatic heterocycles. The summed E-state index contributed by atoms with van der Waals surface area (Å²) in [5.41, 5.74) is 3.09. The number of hydrogen-bond donors (Lipinski definition) is 1. The topological polar surface area (TPSA) is 30.5 Å². The predicted octanol–water partition coefficient (Wildman–Crippen LogP) is 4.67. The van der Waals surface area contributed by atoms with Crippen LogP contribution in [0.2, 0.25) is 0 Å². The lowest BCUT2D eigenvalue weighted by Gasteiger charge is -2.38. The summed E-state index contributed by atoms with van der Waals surface area (Å²) in [6.45, 7) is 0. The van der Waals surface area contributed by atoms with Crippen LogP contribution in [0.1, 0.15) is 29.5 Å². The minimum atomic E-state index is -0.188. The number of nitrogens with one attached hydrogen (secondary N) is 1. The van der Waals surface area contributed by atoms with Crippen LogP contribution in [0.5, 0.6) is 11.5 Å². The maximum absolute atomic E-state index is 13.7. The van der Waals surface area contributed by atoms with Crippen LogP contribution < -0.4 is 14.8 Å². The number of methoxy groups -OCH3 is 2. The Bertz CT molecular complexity index is 802. The Hall–Kier alpha value is -2.49. The van der Waals surface area contributed by atoms with E-state index in [4.69, 9.17) is 9.47 Å². The molecule has 2 aliphatic rings. The normalized spacial score (nSPS) is 24.0. The SMILES string of the molecule is COc1cccc([C@@H]2Nc3ccc(F)cc3[C@@H]3C=CC[C@@H]32)c1OC. The van der Waals surface area contributed by atoms with E-state index in [1.165, 1.54) is 6.07 Å². The molecule has 0 unspecified atom stereocenters. The highest BCUT2D eigenvalue weighted by Crippen LogP contribution is 2.52. The van der Waals surface area contributed by atoms with Crippen LogP contribution in [-0.4, -0.2) is 14.2 Å². The van der Waals surface area contributed by atoms with E-state index in [1.807, 2.05) is 18.2 Å². The lowest BCUT2D eigenvalue weighted by molar-refractivity contribution is 0.341. The maximum Gasteiger partial charge on any atom is 0.165 e. The van der Waals surface area contributed by atoms with Gasteiger partial charge in [-0.15, -0.1) is 0 Å². The molecule has 4 rings (SSSR count). The lowest BCUT2D eigenvalue weighted by Crippen LogP contribution is -2.29. The molecule has 3 nitrogen and oxygen atoms in total. The fraction of sp³-hybridized carbons (Fsp3) is 0.300. The van der Waals surface area contributed by atoms with Gasteiger partial charge in [0.05, 0.1) is 20.3 Å². The van der Waals surface area contributed by atoms with Gasteiger partial charge in [-0.3, -0.25) is 0 Å². The van der Waals surface area contributed by atoms with E-state index in [1.54, 1.807) is 20.3 Å². The molecule has 0 saturated carbocycles. The Morgan fingerprint density at radius 3 is 2.75 bits per heavy atom. The van der Waals surface area contributed by atoms with Gasteiger partial charge in [0.25, 0.3) is 0 Å². The van der Waals surface area contributed by atoms with Gasteiger partial charge in [-0.05, 0) is 42.2 Å². The summed E-state index contributed by atoms with van der Waals surface area (Å²) in [6, 6.07) is 11.0. The van der Waals surface area contributed by atoms with Crippen molar-refractivity contribution >= 4 is 5.69 Å². The minimum absolute atomic E-state index is 0.0908. The van der Waals surface area contributed by atoms with Gasteiger partial charge in [0, 0.05) is 17.2 Å². The molecule has 4 heteroatoms. The molecule has 0 radical (unpaired) electrons. The Kier molecular flexibility index (Phi) is 3.68. The van der Waals surface area contributed by atoms with Crippen molar-refractivity contribution in [3.8, 4) is 11.5 Å². The Morgan fingerprint density at radius 2 is 1.96 bits per heavy atom. The molecular formula is C20H20FNO2. The van der Waals surface area contributed by atoms with E-state index in [2.05, 4.69) is 23.5 Å². The summed E-state index contributed by atoms with van der Waals surface area (Å²) in [4.78, 5) is 0. The summed E-state index contributed by atoms with van der Waals surface area (Å²) in [5, 5.41) is 3.60. The van der Waals surface area contributed by atoms with Crippen LogP contribution in [0.3, 0.4) is 0 Å². The van der Waals surface area contributed by atoms with Crippen LogP contribution in [0.25, 0.3) is 0 Å². The molecule has 0 saturated heterocycles. The largest absolute Gasteiger partial charge is 0.493 e. The average molecular weight is 325 g/mol. The number of para-hydroxylation sites is 1. The molecule has 124 valence electrons. The first-order chi connectivity index (χ1) is 11.7.